The molecule has 1 aromatic carbocycles. The van der Waals surface area contributed by atoms with Gasteiger partial charge in [0.15, 0.2) is 17.4 Å². The Balaban J connectivity index is 1.66. The molecule has 1 atom stereocenters. The van der Waals surface area contributed by atoms with Crippen molar-refractivity contribution in [3.8, 4) is 0 Å². The Morgan fingerprint density at radius 3 is 2.72 bits per heavy atom. The van der Waals surface area contributed by atoms with Gasteiger partial charge in [0.2, 0.25) is 5.76 Å². The van der Waals surface area contributed by atoms with E-state index >= 15 is 0 Å². The number of carbonyl (C=O) groups is 1. The smallest absolute Gasteiger partial charge is 0.375 e. The lowest BCUT2D eigenvalue weighted by molar-refractivity contribution is 0.0284. The van der Waals surface area contributed by atoms with Gasteiger partial charge in [-0.1, -0.05) is 11.6 Å². The van der Waals surface area contributed by atoms with E-state index < -0.39 is 12.1 Å². The molecule has 1 N–H and O–H groups in total. The minimum Gasteiger partial charge on any atom is -0.449 e. The number of H-pyrrole nitrogens is 1. The van der Waals surface area contributed by atoms with Gasteiger partial charge in [-0.25, -0.2) is 9.78 Å². The molecule has 0 unspecified atom stereocenters. The lowest BCUT2D eigenvalue weighted by Crippen LogP contribution is -2.18. The molecule has 3 heterocycles. The molecular weight excluding hydrogens is 392 g/mol. The zero-order valence-corrected chi connectivity index (χ0v) is 17.1. The van der Waals surface area contributed by atoms with Gasteiger partial charge in [0.25, 0.3) is 5.56 Å². The summed E-state index contributed by atoms with van der Waals surface area (Å²) in [5.41, 5.74) is 1.51. The number of ether oxygens (including phenoxy) is 1. The van der Waals surface area contributed by atoms with Crippen molar-refractivity contribution in [1.82, 2.24) is 9.97 Å². The van der Waals surface area contributed by atoms with Crippen LogP contribution in [-0.2, 0) is 4.74 Å². The van der Waals surface area contributed by atoms with Crippen LogP contribution in [0.5, 0.6) is 0 Å². The molecule has 148 valence electrons. The minimum atomic E-state index is -0.832. The van der Waals surface area contributed by atoms with Crippen molar-refractivity contribution in [3.05, 3.63) is 72.4 Å². The van der Waals surface area contributed by atoms with Crippen molar-refractivity contribution in [3.63, 3.8) is 0 Å². The first kappa shape index (κ1) is 19.1. The van der Waals surface area contributed by atoms with E-state index in [0.29, 0.717) is 21.2 Å². The van der Waals surface area contributed by atoms with Crippen LogP contribution in [0.2, 0.25) is 0 Å². The number of aryl methyl sites for hydroxylation is 3. The van der Waals surface area contributed by atoms with Crippen LogP contribution in [0.3, 0.4) is 0 Å². The van der Waals surface area contributed by atoms with E-state index in [4.69, 9.17) is 9.15 Å². The molecule has 4 rings (SSSR count). The number of carbonyl (C=O) groups excluding carboxylic acids is 1. The number of esters is 1. The fourth-order valence-corrected chi connectivity index (χ4v) is 4.15. The predicted octanol–water partition coefficient (Wildman–Crippen LogP) is 3.93. The highest BCUT2D eigenvalue weighted by molar-refractivity contribution is 7.18. The molecule has 4 aromatic rings. The van der Waals surface area contributed by atoms with E-state index in [2.05, 4.69) is 9.97 Å². The van der Waals surface area contributed by atoms with Gasteiger partial charge in [-0.3, -0.25) is 9.59 Å². The third kappa shape index (κ3) is 3.36. The number of nitrogens with zero attached hydrogens (tertiary/aromatic N) is 1. The van der Waals surface area contributed by atoms with E-state index in [1.165, 1.54) is 11.3 Å². The van der Waals surface area contributed by atoms with Gasteiger partial charge in [0, 0.05) is 10.9 Å². The first-order valence-electron chi connectivity index (χ1n) is 9.00. The molecule has 29 heavy (non-hydrogen) atoms. The van der Waals surface area contributed by atoms with Gasteiger partial charge in [-0.2, -0.15) is 0 Å². The largest absolute Gasteiger partial charge is 0.449 e. The number of aromatic nitrogens is 2. The van der Waals surface area contributed by atoms with Gasteiger partial charge in [0.1, 0.15) is 10.4 Å². The van der Waals surface area contributed by atoms with Crippen molar-refractivity contribution < 1.29 is 13.9 Å². The molecule has 0 aliphatic carbocycles. The highest BCUT2D eigenvalue weighted by Crippen LogP contribution is 2.27. The molecular formula is C21H18N2O5S. The fourth-order valence-electron chi connectivity index (χ4n) is 3.11. The first-order chi connectivity index (χ1) is 13.7. The molecule has 7 nitrogen and oxygen atoms in total. The standard InChI is InChI=1S/C21H18N2O5S/c1-9-5-6-15-13(7-9)14(24)8-16(28-15)21(26)27-11(3)18-22-19(25)17-10(2)12(4)29-20(17)23-18/h5-8,11H,1-4H3,(H,22,23,25)/t11-/m1/s1. The van der Waals surface area contributed by atoms with Crippen LogP contribution in [0.15, 0.2) is 38.3 Å². The van der Waals surface area contributed by atoms with E-state index in [9.17, 15) is 14.4 Å². The summed E-state index contributed by atoms with van der Waals surface area (Å²) in [6.45, 7) is 7.26. The first-order valence-corrected chi connectivity index (χ1v) is 9.81. The molecule has 0 radical (unpaired) electrons. The van der Waals surface area contributed by atoms with Crippen LogP contribution in [0, 0.1) is 20.8 Å². The van der Waals surface area contributed by atoms with Crippen LogP contribution >= 0.6 is 11.3 Å². The highest BCUT2D eigenvalue weighted by Gasteiger charge is 2.21. The molecule has 0 bridgehead atoms. The van der Waals surface area contributed by atoms with Crippen LogP contribution in [-0.4, -0.2) is 15.9 Å². The SMILES string of the molecule is Cc1ccc2oc(C(=O)O[C@H](C)c3nc4sc(C)c(C)c4c(=O)[nH]3)cc(=O)c2c1. The Morgan fingerprint density at radius 2 is 1.97 bits per heavy atom. The molecule has 0 spiro atoms. The summed E-state index contributed by atoms with van der Waals surface area (Å²) < 4.78 is 10.9. The lowest BCUT2D eigenvalue weighted by Gasteiger charge is -2.12. The average molecular weight is 410 g/mol. The van der Waals surface area contributed by atoms with Crippen molar-refractivity contribution in [1.29, 1.82) is 0 Å². The highest BCUT2D eigenvalue weighted by atomic mass is 32.1. The van der Waals surface area contributed by atoms with E-state index in [0.717, 1.165) is 22.1 Å². The molecule has 0 saturated carbocycles. The molecule has 8 heteroatoms. The number of aromatic amines is 1. The number of benzene rings is 1. The molecule has 0 fully saturated rings. The number of fused-ring (bicyclic) bond motifs is 2. The van der Waals surface area contributed by atoms with Crippen molar-refractivity contribution in [2.45, 2.75) is 33.8 Å². The Hall–Kier alpha value is -3.26. The second kappa shape index (κ2) is 6.97. The Morgan fingerprint density at radius 1 is 1.21 bits per heavy atom. The lowest BCUT2D eigenvalue weighted by atomic mass is 10.1. The fraction of sp³-hybridized carbons (Fsp3) is 0.238. The van der Waals surface area contributed by atoms with Crippen LogP contribution in [0.4, 0.5) is 0 Å². The van der Waals surface area contributed by atoms with Gasteiger partial charge in [-0.15, -0.1) is 11.3 Å². The predicted molar refractivity (Wildman–Crippen MR) is 111 cm³/mol. The summed E-state index contributed by atoms with van der Waals surface area (Å²) in [7, 11) is 0. The summed E-state index contributed by atoms with van der Waals surface area (Å²) in [4.78, 5) is 46.0. The second-order valence-electron chi connectivity index (χ2n) is 6.94. The van der Waals surface area contributed by atoms with Crippen LogP contribution in [0.25, 0.3) is 21.2 Å². The van der Waals surface area contributed by atoms with E-state index in [-0.39, 0.29) is 22.6 Å². The van der Waals surface area contributed by atoms with Gasteiger partial charge < -0.3 is 14.1 Å². The number of rotatable bonds is 3. The van der Waals surface area contributed by atoms with Crippen LogP contribution in [0.1, 0.15) is 45.4 Å². The maximum absolute atomic E-state index is 12.5. The summed E-state index contributed by atoms with van der Waals surface area (Å²) in [5, 5.41) is 0.945. The van der Waals surface area contributed by atoms with Crippen molar-refractivity contribution >= 4 is 38.5 Å². The van der Waals surface area contributed by atoms with Crippen molar-refractivity contribution in [2.24, 2.45) is 0 Å². The van der Waals surface area contributed by atoms with Gasteiger partial charge in [0.05, 0.1) is 10.8 Å². The summed E-state index contributed by atoms with van der Waals surface area (Å²) in [6.07, 6.45) is -0.832. The minimum absolute atomic E-state index is 0.204. The number of hydrogen-bond acceptors (Lipinski definition) is 7. The molecule has 3 aromatic heterocycles. The molecule has 0 aliphatic rings. The monoisotopic (exact) mass is 410 g/mol. The topological polar surface area (TPSA) is 102 Å². The zero-order valence-electron chi connectivity index (χ0n) is 16.3. The number of thiophene rings is 1. The van der Waals surface area contributed by atoms with E-state index in [1.807, 2.05) is 20.8 Å². The van der Waals surface area contributed by atoms with Gasteiger partial charge >= 0.3 is 5.97 Å². The molecule has 0 aliphatic heterocycles. The van der Waals surface area contributed by atoms with E-state index in [1.54, 1.807) is 25.1 Å². The summed E-state index contributed by atoms with van der Waals surface area (Å²) in [6, 6.07) is 6.24. The van der Waals surface area contributed by atoms with Crippen molar-refractivity contribution in [2.75, 3.05) is 0 Å². The third-order valence-corrected chi connectivity index (χ3v) is 5.91. The summed E-state index contributed by atoms with van der Waals surface area (Å²) >= 11 is 1.41. The molecule has 0 amide bonds. The molecule has 0 saturated heterocycles. The summed E-state index contributed by atoms with van der Waals surface area (Å²) in [5.74, 6) is -0.779. The Bertz CT molecular complexity index is 1400. The Labute approximate surface area is 169 Å². The number of nitrogens with one attached hydrogen (secondary N) is 1. The van der Waals surface area contributed by atoms with Gasteiger partial charge in [-0.05, 0) is 45.4 Å². The number of hydrogen-bond donors (Lipinski definition) is 1. The quantitative estimate of drug-likeness (QED) is 0.513. The zero-order chi connectivity index (χ0) is 20.9. The average Bonchev–Trinajstić information content (AvgIpc) is 2.96. The van der Waals surface area contributed by atoms with Crippen LogP contribution < -0.4 is 11.0 Å². The maximum atomic E-state index is 12.5. The third-order valence-electron chi connectivity index (χ3n) is 4.81. The normalized spacial score (nSPS) is 12.4. The second-order valence-corrected chi connectivity index (χ2v) is 8.14. The maximum Gasteiger partial charge on any atom is 0.375 e. The Kier molecular flexibility index (Phi) is 4.58.